The molecule has 1 aliphatic rings. The molecule has 100 valence electrons. The Labute approximate surface area is 117 Å². The third kappa shape index (κ3) is 2.74. The smallest absolute Gasteiger partial charge is 0.0884 e. The fourth-order valence-electron chi connectivity index (χ4n) is 2.46. The summed E-state index contributed by atoms with van der Waals surface area (Å²) in [6.45, 7) is 4.16. The highest BCUT2D eigenvalue weighted by Gasteiger charge is 2.16. The van der Waals surface area contributed by atoms with Gasteiger partial charge in [-0.3, -0.25) is 5.10 Å². The average Bonchev–Trinajstić information content (AvgIpc) is 2.75. The lowest BCUT2D eigenvalue weighted by Gasteiger charge is -2.21. The first kappa shape index (κ1) is 12.5. The Morgan fingerprint density at radius 1 is 1.21 bits per heavy atom. The van der Waals surface area contributed by atoms with Crippen molar-refractivity contribution in [3.05, 3.63) is 35.5 Å². The van der Waals surface area contributed by atoms with Crippen molar-refractivity contribution in [1.82, 2.24) is 15.5 Å². The molecule has 0 radical (unpaired) electrons. The number of anilines is 1. The Balaban J connectivity index is 1.93. The summed E-state index contributed by atoms with van der Waals surface area (Å²) in [7, 11) is 0. The molecule has 0 bridgehead atoms. The van der Waals surface area contributed by atoms with Crippen molar-refractivity contribution in [3.8, 4) is 11.3 Å². The van der Waals surface area contributed by atoms with Crippen LogP contribution in [-0.2, 0) is 0 Å². The van der Waals surface area contributed by atoms with E-state index in [0.717, 1.165) is 54.6 Å². The van der Waals surface area contributed by atoms with Crippen LogP contribution in [0.3, 0.4) is 0 Å². The molecule has 3 rings (SSSR count). The van der Waals surface area contributed by atoms with Crippen molar-refractivity contribution in [1.29, 1.82) is 0 Å². The van der Waals surface area contributed by atoms with E-state index in [1.807, 2.05) is 24.4 Å². The van der Waals surface area contributed by atoms with Crippen molar-refractivity contribution in [2.75, 3.05) is 31.1 Å². The predicted octanol–water partition coefficient (Wildman–Crippen LogP) is 2.53. The summed E-state index contributed by atoms with van der Waals surface area (Å²) in [6.07, 6.45) is 3.06. The Morgan fingerprint density at radius 3 is 3.05 bits per heavy atom. The lowest BCUT2D eigenvalue weighted by atomic mass is 10.1. The fraction of sp³-hybridized carbons (Fsp3) is 0.357. The third-order valence-electron chi connectivity index (χ3n) is 3.41. The second kappa shape index (κ2) is 5.63. The number of hydrogen-bond donors (Lipinski definition) is 2. The summed E-state index contributed by atoms with van der Waals surface area (Å²) >= 11 is 6.07. The van der Waals surface area contributed by atoms with E-state index in [-0.39, 0.29) is 0 Å². The minimum absolute atomic E-state index is 0.746. The molecule has 0 unspecified atom stereocenters. The molecular weight excluding hydrogens is 260 g/mol. The highest BCUT2D eigenvalue weighted by Crippen LogP contribution is 2.30. The normalized spacial score (nSPS) is 16.4. The van der Waals surface area contributed by atoms with Crippen molar-refractivity contribution < 1.29 is 0 Å². The number of rotatable bonds is 2. The minimum atomic E-state index is 0.746. The Bertz CT molecular complexity index is 544. The molecule has 2 aromatic rings. The van der Waals surface area contributed by atoms with Gasteiger partial charge < -0.3 is 10.2 Å². The molecule has 4 nitrogen and oxygen atoms in total. The second-order valence-electron chi connectivity index (χ2n) is 4.73. The zero-order chi connectivity index (χ0) is 13.1. The van der Waals surface area contributed by atoms with Crippen molar-refractivity contribution in [2.45, 2.75) is 6.42 Å². The SMILES string of the molecule is Clc1cccc(-c2[nH]ncc2N2CCCNCC2)c1. The molecule has 19 heavy (non-hydrogen) atoms. The van der Waals surface area contributed by atoms with Crippen LogP contribution in [0.4, 0.5) is 5.69 Å². The lowest BCUT2D eigenvalue weighted by molar-refractivity contribution is 0.724. The quantitative estimate of drug-likeness (QED) is 0.886. The number of aromatic nitrogens is 2. The molecule has 0 amide bonds. The van der Waals surface area contributed by atoms with Gasteiger partial charge in [0.15, 0.2) is 0 Å². The third-order valence-corrected chi connectivity index (χ3v) is 3.65. The Morgan fingerprint density at radius 2 is 2.16 bits per heavy atom. The van der Waals surface area contributed by atoms with Gasteiger partial charge in [0.25, 0.3) is 0 Å². The maximum atomic E-state index is 6.07. The van der Waals surface area contributed by atoms with Crippen LogP contribution in [-0.4, -0.2) is 36.4 Å². The van der Waals surface area contributed by atoms with Gasteiger partial charge in [0.1, 0.15) is 0 Å². The Kier molecular flexibility index (Phi) is 3.71. The van der Waals surface area contributed by atoms with E-state index in [1.54, 1.807) is 0 Å². The number of nitrogens with one attached hydrogen (secondary N) is 2. The molecule has 1 aromatic heterocycles. The van der Waals surface area contributed by atoms with Crippen molar-refractivity contribution in [3.63, 3.8) is 0 Å². The molecule has 2 N–H and O–H groups in total. The van der Waals surface area contributed by atoms with Gasteiger partial charge in [0, 0.05) is 30.2 Å². The topological polar surface area (TPSA) is 44.0 Å². The van der Waals surface area contributed by atoms with Crippen LogP contribution in [0.15, 0.2) is 30.5 Å². The predicted molar refractivity (Wildman–Crippen MR) is 78.7 cm³/mol. The first-order valence-corrected chi connectivity index (χ1v) is 6.97. The number of aromatic amines is 1. The van der Waals surface area contributed by atoms with Crippen LogP contribution in [0, 0.1) is 0 Å². The minimum Gasteiger partial charge on any atom is -0.367 e. The summed E-state index contributed by atoms with van der Waals surface area (Å²) < 4.78 is 0. The van der Waals surface area contributed by atoms with Gasteiger partial charge in [0.05, 0.1) is 17.6 Å². The van der Waals surface area contributed by atoms with Gasteiger partial charge in [0.2, 0.25) is 0 Å². The van der Waals surface area contributed by atoms with E-state index in [0.29, 0.717) is 0 Å². The van der Waals surface area contributed by atoms with Crippen LogP contribution in [0.2, 0.25) is 5.02 Å². The van der Waals surface area contributed by atoms with Gasteiger partial charge in [-0.15, -0.1) is 0 Å². The van der Waals surface area contributed by atoms with Crippen LogP contribution >= 0.6 is 11.6 Å². The fourth-order valence-corrected chi connectivity index (χ4v) is 2.65. The maximum Gasteiger partial charge on any atom is 0.0884 e. The van der Waals surface area contributed by atoms with E-state index < -0.39 is 0 Å². The summed E-state index contributed by atoms with van der Waals surface area (Å²) in [5, 5.41) is 11.5. The van der Waals surface area contributed by atoms with Gasteiger partial charge in [-0.1, -0.05) is 23.7 Å². The highest BCUT2D eigenvalue weighted by atomic mass is 35.5. The van der Waals surface area contributed by atoms with Crippen molar-refractivity contribution >= 4 is 17.3 Å². The number of H-pyrrole nitrogens is 1. The molecule has 5 heteroatoms. The van der Waals surface area contributed by atoms with Crippen LogP contribution in [0.25, 0.3) is 11.3 Å². The summed E-state index contributed by atoms with van der Waals surface area (Å²) in [5.41, 5.74) is 3.28. The molecule has 1 aromatic carbocycles. The lowest BCUT2D eigenvalue weighted by Crippen LogP contribution is -2.27. The molecule has 0 atom stereocenters. The monoisotopic (exact) mass is 276 g/mol. The maximum absolute atomic E-state index is 6.07. The van der Waals surface area contributed by atoms with Crippen LogP contribution in [0.5, 0.6) is 0 Å². The van der Waals surface area contributed by atoms with Crippen LogP contribution in [0.1, 0.15) is 6.42 Å². The summed E-state index contributed by atoms with van der Waals surface area (Å²) in [5.74, 6) is 0. The molecule has 0 aliphatic carbocycles. The van der Waals surface area contributed by atoms with Gasteiger partial charge in [-0.25, -0.2) is 0 Å². The zero-order valence-corrected chi connectivity index (χ0v) is 11.5. The first-order chi connectivity index (χ1) is 9.34. The van der Waals surface area contributed by atoms with Crippen LogP contribution < -0.4 is 10.2 Å². The summed E-state index contributed by atoms with van der Waals surface area (Å²) in [6, 6.07) is 7.87. The van der Waals surface area contributed by atoms with Gasteiger partial charge in [-0.2, -0.15) is 5.10 Å². The largest absolute Gasteiger partial charge is 0.367 e. The Hall–Kier alpha value is -1.52. The highest BCUT2D eigenvalue weighted by molar-refractivity contribution is 6.30. The van der Waals surface area contributed by atoms with E-state index in [1.165, 1.54) is 0 Å². The molecule has 1 fully saturated rings. The molecule has 0 spiro atoms. The van der Waals surface area contributed by atoms with Gasteiger partial charge in [-0.05, 0) is 25.1 Å². The second-order valence-corrected chi connectivity index (χ2v) is 5.17. The number of halogens is 1. The van der Waals surface area contributed by atoms with E-state index in [2.05, 4.69) is 26.5 Å². The average molecular weight is 277 g/mol. The van der Waals surface area contributed by atoms with E-state index >= 15 is 0 Å². The van der Waals surface area contributed by atoms with E-state index in [4.69, 9.17) is 11.6 Å². The molecule has 1 aliphatic heterocycles. The van der Waals surface area contributed by atoms with E-state index in [9.17, 15) is 0 Å². The molecular formula is C14H17ClN4. The number of hydrogen-bond acceptors (Lipinski definition) is 3. The van der Waals surface area contributed by atoms with Gasteiger partial charge >= 0.3 is 0 Å². The number of nitrogens with zero attached hydrogens (tertiary/aromatic N) is 2. The zero-order valence-electron chi connectivity index (χ0n) is 10.7. The molecule has 2 heterocycles. The molecule has 0 saturated carbocycles. The standard InChI is InChI=1S/C14H17ClN4/c15-12-4-1-3-11(9-12)14-13(10-17-18-14)19-7-2-5-16-6-8-19/h1,3-4,9-10,16H,2,5-8H2,(H,17,18). The number of benzene rings is 1. The first-order valence-electron chi connectivity index (χ1n) is 6.59. The summed E-state index contributed by atoms with van der Waals surface area (Å²) in [4.78, 5) is 2.37. The van der Waals surface area contributed by atoms with Crippen molar-refractivity contribution in [2.24, 2.45) is 0 Å². The molecule has 1 saturated heterocycles.